The van der Waals surface area contributed by atoms with E-state index in [-0.39, 0.29) is 40.9 Å². The summed E-state index contributed by atoms with van der Waals surface area (Å²) >= 11 is 5.81. The van der Waals surface area contributed by atoms with Gasteiger partial charge in [-0.3, -0.25) is 19.3 Å². The Morgan fingerprint density at radius 2 is 1.70 bits per heavy atom. The minimum absolute atomic E-state index is 0.0649. The molecule has 2 atom stereocenters. The Kier molecular flexibility index (Phi) is 4.93. The summed E-state index contributed by atoms with van der Waals surface area (Å²) in [5.74, 6) is -0.520. The summed E-state index contributed by atoms with van der Waals surface area (Å²) in [7, 11) is 0. The molecule has 0 aliphatic carbocycles. The molecule has 27 heavy (non-hydrogen) atoms. The molecule has 2 unspecified atom stereocenters. The highest BCUT2D eigenvalue weighted by molar-refractivity contribution is 6.30. The largest absolute Gasteiger partial charge is 0.337 e. The van der Waals surface area contributed by atoms with Crippen molar-refractivity contribution >= 4 is 29.3 Å². The van der Waals surface area contributed by atoms with Crippen LogP contribution in [0.1, 0.15) is 50.5 Å². The van der Waals surface area contributed by atoms with E-state index in [4.69, 9.17) is 11.6 Å². The highest BCUT2D eigenvalue weighted by Gasteiger charge is 2.47. The van der Waals surface area contributed by atoms with E-state index in [1.807, 2.05) is 4.90 Å². The SMILES string of the molecule is O=C1CCC(=O)N1C1CC2CCC(C1)N2C(=O)CCc1ccc(F)c(Cl)c1. The molecule has 0 spiro atoms. The van der Waals surface area contributed by atoms with Gasteiger partial charge >= 0.3 is 0 Å². The van der Waals surface area contributed by atoms with Crippen LogP contribution in [0.25, 0.3) is 0 Å². The van der Waals surface area contributed by atoms with E-state index in [9.17, 15) is 18.8 Å². The number of piperidine rings is 1. The van der Waals surface area contributed by atoms with Crippen molar-refractivity contribution in [3.8, 4) is 0 Å². The topological polar surface area (TPSA) is 57.7 Å². The van der Waals surface area contributed by atoms with Crippen molar-refractivity contribution in [1.29, 1.82) is 0 Å². The lowest BCUT2D eigenvalue weighted by Crippen LogP contribution is -2.53. The molecule has 2 bridgehead atoms. The number of amides is 3. The number of fused-ring (bicyclic) bond motifs is 2. The molecule has 3 fully saturated rings. The monoisotopic (exact) mass is 392 g/mol. The molecule has 0 radical (unpaired) electrons. The fraction of sp³-hybridized carbons (Fsp3) is 0.550. The molecule has 1 aromatic carbocycles. The Bertz CT molecular complexity index is 769. The maximum atomic E-state index is 13.3. The van der Waals surface area contributed by atoms with Crippen LogP contribution in [-0.4, -0.2) is 45.6 Å². The third-order valence-electron chi connectivity index (χ3n) is 6.06. The predicted octanol–water partition coefficient (Wildman–Crippen LogP) is 3.08. The molecule has 3 aliphatic heterocycles. The standard InChI is InChI=1S/C20H22ClFN2O3/c21-16-9-12(1-5-17(16)22)2-6-18(25)23-13-3-4-14(23)11-15(10-13)24-19(26)7-8-20(24)27/h1,5,9,13-15H,2-4,6-8,10-11H2. The van der Waals surface area contributed by atoms with Crippen LogP contribution in [0.5, 0.6) is 0 Å². The summed E-state index contributed by atoms with van der Waals surface area (Å²) < 4.78 is 13.3. The van der Waals surface area contributed by atoms with Crippen molar-refractivity contribution in [3.05, 3.63) is 34.6 Å². The van der Waals surface area contributed by atoms with Gasteiger partial charge in [0.15, 0.2) is 0 Å². The molecule has 0 aromatic heterocycles. The number of imide groups is 1. The van der Waals surface area contributed by atoms with Crippen LogP contribution in [0.3, 0.4) is 0 Å². The van der Waals surface area contributed by atoms with Gasteiger partial charge in [-0.25, -0.2) is 4.39 Å². The smallest absolute Gasteiger partial charge is 0.229 e. The number of likely N-dealkylation sites (tertiary alicyclic amines) is 1. The summed E-state index contributed by atoms with van der Waals surface area (Å²) in [6.45, 7) is 0. The lowest BCUT2D eigenvalue weighted by Gasteiger charge is -2.41. The summed E-state index contributed by atoms with van der Waals surface area (Å²) in [4.78, 5) is 40.3. The number of aryl methyl sites for hydroxylation is 1. The lowest BCUT2D eigenvalue weighted by molar-refractivity contribution is -0.144. The minimum atomic E-state index is -0.460. The fourth-order valence-electron chi connectivity index (χ4n) is 4.84. The molecule has 0 saturated carbocycles. The first kappa shape index (κ1) is 18.4. The zero-order valence-corrected chi connectivity index (χ0v) is 15.8. The molecule has 3 heterocycles. The molecule has 7 heteroatoms. The summed E-state index contributed by atoms with van der Waals surface area (Å²) in [6.07, 6.45) is 4.70. The van der Waals surface area contributed by atoms with Crippen LogP contribution in [-0.2, 0) is 20.8 Å². The first-order chi connectivity index (χ1) is 12.9. The second-order valence-corrected chi connectivity index (χ2v) is 8.12. The van der Waals surface area contributed by atoms with Crippen molar-refractivity contribution in [1.82, 2.24) is 9.80 Å². The van der Waals surface area contributed by atoms with Crippen molar-refractivity contribution in [2.75, 3.05) is 0 Å². The van der Waals surface area contributed by atoms with Crippen LogP contribution in [0.2, 0.25) is 5.02 Å². The van der Waals surface area contributed by atoms with Crippen LogP contribution in [0.4, 0.5) is 4.39 Å². The first-order valence-corrected chi connectivity index (χ1v) is 9.92. The number of halogens is 2. The molecule has 4 rings (SSSR count). The second-order valence-electron chi connectivity index (χ2n) is 7.72. The Morgan fingerprint density at radius 1 is 1.07 bits per heavy atom. The van der Waals surface area contributed by atoms with Crippen LogP contribution in [0, 0.1) is 5.82 Å². The Hall–Kier alpha value is -1.95. The van der Waals surface area contributed by atoms with Gasteiger partial charge in [0.05, 0.1) is 5.02 Å². The van der Waals surface area contributed by atoms with Gasteiger partial charge in [-0.05, 0) is 49.8 Å². The number of carbonyl (C=O) groups is 3. The van der Waals surface area contributed by atoms with E-state index in [1.54, 1.807) is 12.1 Å². The van der Waals surface area contributed by atoms with E-state index in [0.29, 0.717) is 38.5 Å². The molecule has 144 valence electrons. The molecular formula is C20H22ClFN2O3. The molecule has 1 aromatic rings. The Labute approximate surface area is 162 Å². The number of benzene rings is 1. The fourth-order valence-corrected chi connectivity index (χ4v) is 5.05. The first-order valence-electron chi connectivity index (χ1n) is 9.54. The zero-order valence-electron chi connectivity index (χ0n) is 15.0. The zero-order chi connectivity index (χ0) is 19.1. The third kappa shape index (κ3) is 3.47. The van der Waals surface area contributed by atoms with Crippen LogP contribution in [0.15, 0.2) is 18.2 Å². The quantitative estimate of drug-likeness (QED) is 0.740. The molecular weight excluding hydrogens is 371 g/mol. The van der Waals surface area contributed by atoms with Gasteiger partial charge in [0.2, 0.25) is 17.7 Å². The van der Waals surface area contributed by atoms with Gasteiger partial charge in [0.1, 0.15) is 5.82 Å². The molecule has 3 saturated heterocycles. The average molecular weight is 393 g/mol. The third-order valence-corrected chi connectivity index (χ3v) is 6.35. The highest BCUT2D eigenvalue weighted by Crippen LogP contribution is 2.39. The molecule has 3 amide bonds. The Morgan fingerprint density at radius 3 is 2.30 bits per heavy atom. The summed E-state index contributed by atoms with van der Waals surface area (Å²) in [5, 5.41) is 0.0702. The van der Waals surface area contributed by atoms with E-state index < -0.39 is 5.82 Å². The normalized spacial score (nSPS) is 27.6. The molecule has 0 N–H and O–H groups in total. The van der Waals surface area contributed by atoms with E-state index in [0.717, 1.165) is 18.4 Å². The van der Waals surface area contributed by atoms with E-state index >= 15 is 0 Å². The van der Waals surface area contributed by atoms with Crippen molar-refractivity contribution < 1.29 is 18.8 Å². The van der Waals surface area contributed by atoms with E-state index in [2.05, 4.69) is 0 Å². The lowest BCUT2D eigenvalue weighted by atomic mass is 9.95. The van der Waals surface area contributed by atoms with Crippen molar-refractivity contribution in [3.63, 3.8) is 0 Å². The maximum absolute atomic E-state index is 13.3. The number of hydrogen-bond acceptors (Lipinski definition) is 3. The number of carbonyl (C=O) groups excluding carboxylic acids is 3. The average Bonchev–Trinajstić information content (AvgIpc) is 3.11. The number of rotatable bonds is 4. The highest BCUT2D eigenvalue weighted by atomic mass is 35.5. The molecule has 5 nitrogen and oxygen atoms in total. The van der Waals surface area contributed by atoms with Crippen LogP contribution < -0.4 is 0 Å². The number of nitrogens with zero attached hydrogens (tertiary/aromatic N) is 2. The van der Waals surface area contributed by atoms with Crippen LogP contribution >= 0.6 is 11.6 Å². The van der Waals surface area contributed by atoms with Gasteiger partial charge in [0, 0.05) is 37.4 Å². The Balaban J connectivity index is 1.39. The van der Waals surface area contributed by atoms with Crippen molar-refractivity contribution in [2.24, 2.45) is 0 Å². The molecule has 3 aliphatic rings. The predicted molar refractivity (Wildman–Crippen MR) is 97.5 cm³/mol. The van der Waals surface area contributed by atoms with E-state index in [1.165, 1.54) is 11.0 Å². The second kappa shape index (κ2) is 7.23. The van der Waals surface area contributed by atoms with Gasteiger partial charge in [0.25, 0.3) is 0 Å². The van der Waals surface area contributed by atoms with Gasteiger partial charge < -0.3 is 4.90 Å². The van der Waals surface area contributed by atoms with Gasteiger partial charge in [-0.2, -0.15) is 0 Å². The summed E-state index contributed by atoms with van der Waals surface area (Å²) in [5.41, 5.74) is 0.838. The maximum Gasteiger partial charge on any atom is 0.229 e. The number of hydrogen-bond donors (Lipinski definition) is 0. The van der Waals surface area contributed by atoms with Gasteiger partial charge in [-0.15, -0.1) is 0 Å². The summed E-state index contributed by atoms with van der Waals surface area (Å²) in [6, 6.07) is 4.67. The van der Waals surface area contributed by atoms with Gasteiger partial charge in [-0.1, -0.05) is 17.7 Å². The van der Waals surface area contributed by atoms with Crippen molar-refractivity contribution in [2.45, 2.75) is 69.5 Å². The minimum Gasteiger partial charge on any atom is -0.337 e.